The number of hydrogen-bond donors (Lipinski definition) is 3. The van der Waals surface area contributed by atoms with Crippen molar-refractivity contribution in [3.63, 3.8) is 0 Å². The number of benzene rings is 1. The lowest BCUT2D eigenvalue weighted by molar-refractivity contribution is -0.138. The summed E-state index contributed by atoms with van der Waals surface area (Å²) in [5.74, 6) is -1.00. The zero-order valence-electron chi connectivity index (χ0n) is 8.81. The van der Waals surface area contributed by atoms with Gasteiger partial charge in [0.1, 0.15) is 6.04 Å². The maximum absolute atomic E-state index is 10.4. The Morgan fingerprint density at radius 3 is 2.07 bits per heavy atom. The summed E-state index contributed by atoms with van der Waals surface area (Å²) in [5, 5.41) is 11.3. The highest BCUT2D eigenvalue weighted by Crippen LogP contribution is 2.08. The Morgan fingerprint density at radius 2 is 1.73 bits per heavy atom. The van der Waals surface area contributed by atoms with E-state index in [0.29, 0.717) is 5.56 Å². The second kappa shape index (κ2) is 9.45. The second-order valence-electron chi connectivity index (χ2n) is 2.73. The smallest absolute Gasteiger partial charge is 0.325 e. The minimum atomic E-state index is -1.00. The van der Waals surface area contributed by atoms with Crippen molar-refractivity contribution in [2.45, 2.75) is 6.04 Å². The number of halogens is 1. The van der Waals surface area contributed by atoms with Gasteiger partial charge in [-0.2, -0.15) is 0 Å². The van der Waals surface area contributed by atoms with Gasteiger partial charge in [-0.3, -0.25) is 4.79 Å². The molecule has 5 heteroatoms. The summed E-state index contributed by atoms with van der Waals surface area (Å²) in [6.45, 7) is 0. The van der Waals surface area contributed by atoms with Crippen LogP contribution in [0.1, 0.15) is 11.6 Å². The molecule has 1 unspecified atom stereocenters. The quantitative estimate of drug-likeness (QED) is 0.712. The van der Waals surface area contributed by atoms with Gasteiger partial charge in [0.15, 0.2) is 0 Å². The normalized spacial score (nSPS) is 10.3. The molecule has 0 aromatic heterocycles. The second-order valence-corrected chi connectivity index (χ2v) is 2.73. The van der Waals surface area contributed by atoms with E-state index in [1.54, 1.807) is 24.3 Å². The van der Waals surface area contributed by atoms with Gasteiger partial charge < -0.3 is 16.2 Å². The first-order valence-corrected chi connectivity index (χ1v) is 4.25. The molecule has 0 heterocycles. The first-order valence-electron chi connectivity index (χ1n) is 4.25. The monoisotopic (exact) mass is 232 g/mol. The van der Waals surface area contributed by atoms with Crippen molar-refractivity contribution in [3.05, 3.63) is 35.9 Å². The van der Waals surface area contributed by atoms with E-state index in [1.807, 2.05) is 20.2 Å². The van der Waals surface area contributed by atoms with Gasteiger partial charge in [0.2, 0.25) is 0 Å². The fourth-order valence-corrected chi connectivity index (χ4v) is 0.803. The van der Waals surface area contributed by atoms with Crippen LogP contribution in [0.5, 0.6) is 0 Å². The number of nitrogens with one attached hydrogen (secondary N) is 1. The molecule has 4 nitrogen and oxygen atoms in total. The van der Waals surface area contributed by atoms with Gasteiger partial charge in [0, 0.05) is 0 Å². The van der Waals surface area contributed by atoms with Crippen molar-refractivity contribution in [2.24, 2.45) is 5.73 Å². The van der Waals surface area contributed by atoms with Crippen molar-refractivity contribution in [1.29, 1.82) is 0 Å². The number of nitrogens with two attached hydrogens (primary N) is 1. The summed E-state index contributed by atoms with van der Waals surface area (Å²) < 4.78 is 0. The van der Waals surface area contributed by atoms with Crippen LogP contribution in [0.3, 0.4) is 0 Å². The van der Waals surface area contributed by atoms with Crippen LogP contribution in [-0.2, 0) is 4.79 Å². The highest BCUT2D eigenvalue weighted by molar-refractivity contribution is 5.85. The lowest BCUT2D eigenvalue weighted by Gasteiger charge is -2.04. The lowest BCUT2D eigenvalue weighted by Crippen LogP contribution is -2.20. The molecule has 0 saturated heterocycles. The van der Waals surface area contributed by atoms with E-state index in [2.05, 4.69) is 5.32 Å². The Balaban J connectivity index is 0. The summed E-state index contributed by atoms with van der Waals surface area (Å²) in [6.07, 6.45) is 0. The minimum Gasteiger partial charge on any atom is -0.480 e. The molecule has 0 saturated carbocycles. The molecule has 0 bridgehead atoms. The van der Waals surface area contributed by atoms with E-state index in [1.165, 1.54) is 0 Å². The Bertz CT molecular complexity index is 267. The molecular weight excluding hydrogens is 216 g/mol. The van der Waals surface area contributed by atoms with Gasteiger partial charge in [-0.1, -0.05) is 30.3 Å². The fraction of sp³-hybridized carbons (Fsp3) is 0.300. The molecule has 0 aliphatic carbocycles. The number of carboxylic acids is 1. The predicted octanol–water partition coefficient (Wildman–Crippen LogP) is 1.03. The predicted molar refractivity (Wildman–Crippen MR) is 63.2 cm³/mol. The van der Waals surface area contributed by atoms with Gasteiger partial charge in [-0.05, 0) is 19.7 Å². The highest BCUT2D eigenvalue weighted by atomic mass is 35.5. The Kier molecular flexibility index (Phi) is 10.3. The number of aliphatic carboxylic acids is 1. The maximum atomic E-state index is 10.4. The summed E-state index contributed by atoms with van der Waals surface area (Å²) in [4.78, 5) is 10.4. The topological polar surface area (TPSA) is 75.3 Å². The SMILES string of the molecule is CNC.Cl.NC(C(=O)O)c1ccccc1. The van der Waals surface area contributed by atoms with Crippen LogP contribution in [0, 0.1) is 0 Å². The molecule has 0 radical (unpaired) electrons. The molecule has 0 fully saturated rings. The standard InChI is InChI=1S/C8H9NO2.C2H7N.ClH/c9-7(8(10)11)6-4-2-1-3-5-6;1-3-2;/h1-5,7H,9H2,(H,10,11);3H,1-2H3;1H. The van der Waals surface area contributed by atoms with Crippen molar-refractivity contribution in [3.8, 4) is 0 Å². The van der Waals surface area contributed by atoms with Crippen molar-refractivity contribution in [1.82, 2.24) is 5.32 Å². The van der Waals surface area contributed by atoms with E-state index < -0.39 is 12.0 Å². The van der Waals surface area contributed by atoms with E-state index in [-0.39, 0.29) is 12.4 Å². The number of rotatable bonds is 2. The minimum absolute atomic E-state index is 0. The van der Waals surface area contributed by atoms with Crippen LogP contribution in [0.4, 0.5) is 0 Å². The highest BCUT2D eigenvalue weighted by Gasteiger charge is 2.12. The Morgan fingerprint density at radius 1 is 1.33 bits per heavy atom. The summed E-state index contributed by atoms with van der Waals surface area (Å²) in [6, 6.07) is 7.82. The van der Waals surface area contributed by atoms with Crippen LogP contribution in [0.2, 0.25) is 0 Å². The lowest BCUT2D eigenvalue weighted by atomic mass is 10.1. The van der Waals surface area contributed by atoms with Crippen LogP contribution >= 0.6 is 12.4 Å². The molecule has 1 rings (SSSR count). The third-order valence-electron chi connectivity index (χ3n) is 1.42. The molecule has 1 aromatic carbocycles. The maximum Gasteiger partial charge on any atom is 0.325 e. The van der Waals surface area contributed by atoms with Gasteiger partial charge in [0.25, 0.3) is 0 Å². The summed E-state index contributed by atoms with van der Waals surface area (Å²) in [5.41, 5.74) is 5.96. The van der Waals surface area contributed by atoms with E-state index in [4.69, 9.17) is 10.8 Å². The molecule has 4 N–H and O–H groups in total. The summed E-state index contributed by atoms with van der Waals surface area (Å²) in [7, 11) is 3.75. The van der Waals surface area contributed by atoms with Crippen LogP contribution in [0.15, 0.2) is 30.3 Å². The van der Waals surface area contributed by atoms with E-state index in [9.17, 15) is 4.79 Å². The summed E-state index contributed by atoms with van der Waals surface area (Å²) >= 11 is 0. The fourth-order valence-electron chi connectivity index (χ4n) is 0.803. The van der Waals surface area contributed by atoms with Gasteiger partial charge >= 0.3 is 5.97 Å². The average molecular weight is 233 g/mol. The largest absolute Gasteiger partial charge is 0.480 e. The van der Waals surface area contributed by atoms with E-state index in [0.717, 1.165) is 0 Å². The molecule has 0 spiro atoms. The molecule has 0 aliphatic rings. The number of hydrogen-bond acceptors (Lipinski definition) is 3. The molecule has 86 valence electrons. The average Bonchev–Trinajstić information content (AvgIpc) is 2.19. The van der Waals surface area contributed by atoms with Crippen molar-refractivity contribution >= 4 is 18.4 Å². The zero-order chi connectivity index (χ0) is 11.0. The number of carbonyl (C=O) groups is 1. The molecule has 1 aromatic rings. The van der Waals surface area contributed by atoms with Gasteiger partial charge in [0.05, 0.1) is 0 Å². The Labute approximate surface area is 95.9 Å². The molecule has 0 amide bonds. The molecular formula is C10H17ClN2O2. The molecule has 15 heavy (non-hydrogen) atoms. The van der Waals surface area contributed by atoms with Crippen LogP contribution in [0.25, 0.3) is 0 Å². The van der Waals surface area contributed by atoms with E-state index >= 15 is 0 Å². The molecule has 0 aliphatic heterocycles. The van der Waals surface area contributed by atoms with Crippen LogP contribution < -0.4 is 11.1 Å². The van der Waals surface area contributed by atoms with Gasteiger partial charge in [-0.25, -0.2) is 0 Å². The Hall–Kier alpha value is -1.10. The van der Waals surface area contributed by atoms with Crippen molar-refractivity contribution < 1.29 is 9.90 Å². The third kappa shape index (κ3) is 6.90. The molecule has 1 atom stereocenters. The van der Waals surface area contributed by atoms with Crippen LogP contribution in [-0.4, -0.2) is 25.2 Å². The zero-order valence-corrected chi connectivity index (χ0v) is 9.62. The first kappa shape index (κ1) is 16.3. The van der Waals surface area contributed by atoms with Gasteiger partial charge in [-0.15, -0.1) is 12.4 Å². The third-order valence-corrected chi connectivity index (χ3v) is 1.42. The van der Waals surface area contributed by atoms with Crippen molar-refractivity contribution in [2.75, 3.05) is 14.1 Å². The number of carboxylic acid groups (broad SMARTS) is 1. The first-order chi connectivity index (χ1) is 6.63.